The fraction of sp³-hybridized carbons (Fsp3) is 0.889. The molecule has 0 aromatic heterocycles. The summed E-state index contributed by atoms with van der Waals surface area (Å²) in [6.45, 7) is 1.76. The van der Waals surface area contributed by atoms with E-state index in [0.29, 0.717) is 6.42 Å². The maximum absolute atomic E-state index is 11.0. The number of hydrogen-bond donors (Lipinski definition) is 1. The van der Waals surface area contributed by atoms with Crippen molar-refractivity contribution < 1.29 is 4.79 Å². The summed E-state index contributed by atoms with van der Waals surface area (Å²) < 4.78 is 0. The van der Waals surface area contributed by atoms with Gasteiger partial charge in [-0.1, -0.05) is 19.3 Å². The minimum atomic E-state index is -0.255. The Bertz CT molecular complexity index is 138. The van der Waals surface area contributed by atoms with Crippen LogP contribution in [0.1, 0.15) is 39.0 Å². The molecule has 1 rings (SSSR count). The van der Waals surface area contributed by atoms with E-state index in [1.807, 2.05) is 0 Å². The van der Waals surface area contributed by atoms with Gasteiger partial charge in [0.15, 0.2) is 0 Å². The smallest absolute Gasteiger partial charge is 0.149 e. The van der Waals surface area contributed by atoms with E-state index in [0.717, 1.165) is 12.3 Å². The van der Waals surface area contributed by atoms with Crippen LogP contribution in [-0.2, 0) is 4.79 Å². The number of Topliss-reactive ketones (excluding diaryl/α,β-unsaturated/α-hetero) is 1. The number of ketones is 1. The zero-order valence-corrected chi connectivity index (χ0v) is 7.18. The predicted molar refractivity (Wildman–Crippen MR) is 45.2 cm³/mol. The summed E-state index contributed by atoms with van der Waals surface area (Å²) in [5, 5.41) is 0. The fourth-order valence-electron chi connectivity index (χ4n) is 1.20. The zero-order chi connectivity index (χ0) is 8.27. The summed E-state index contributed by atoms with van der Waals surface area (Å²) in [6.07, 6.45) is 5.73. The van der Waals surface area contributed by atoms with Crippen molar-refractivity contribution in [2.75, 3.05) is 0 Å². The molecule has 1 aliphatic carbocycles. The van der Waals surface area contributed by atoms with Gasteiger partial charge in [-0.05, 0) is 19.3 Å². The van der Waals surface area contributed by atoms with E-state index in [9.17, 15) is 4.79 Å². The molecule has 0 radical (unpaired) electrons. The second kappa shape index (κ2) is 3.86. The molecule has 2 N–H and O–H groups in total. The zero-order valence-electron chi connectivity index (χ0n) is 7.18. The molecule has 64 valence electrons. The van der Waals surface area contributed by atoms with Crippen molar-refractivity contribution in [2.45, 2.75) is 45.1 Å². The summed E-state index contributed by atoms with van der Waals surface area (Å²) >= 11 is 0. The maximum atomic E-state index is 11.0. The largest absolute Gasteiger partial charge is 0.322 e. The fourth-order valence-corrected chi connectivity index (χ4v) is 1.20. The van der Waals surface area contributed by atoms with Crippen LogP contribution in [0.4, 0.5) is 0 Å². The van der Waals surface area contributed by atoms with Gasteiger partial charge < -0.3 is 5.73 Å². The molecule has 0 heterocycles. The van der Waals surface area contributed by atoms with Crippen molar-refractivity contribution in [1.82, 2.24) is 0 Å². The van der Waals surface area contributed by atoms with Crippen molar-refractivity contribution in [3.63, 3.8) is 0 Å². The highest BCUT2D eigenvalue weighted by Crippen LogP contribution is 2.33. The summed E-state index contributed by atoms with van der Waals surface area (Å²) in [4.78, 5) is 11.0. The van der Waals surface area contributed by atoms with Gasteiger partial charge in [0.05, 0.1) is 6.04 Å². The monoisotopic (exact) mass is 155 g/mol. The lowest BCUT2D eigenvalue weighted by Gasteiger charge is -2.02. The minimum absolute atomic E-state index is 0.214. The first-order chi connectivity index (χ1) is 5.20. The highest BCUT2D eigenvalue weighted by atomic mass is 16.1. The standard InChI is InChI=1S/C9H17NO/c1-7(10)9(11)4-2-3-8-5-6-8/h7-8H,2-6,10H2,1H3/t7-/m1/s1. The van der Waals surface area contributed by atoms with Gasteiger partial charge in [-0.15, -0.1) is 0 Å². The van der Waals surface area contributed by atoms with Crippen molar-refractivity contribution in [3.05, 3.63) is 0 Å². The maximum Gasteiger partial charge on any atom is 0.149 e. The van der Waals surface area contributed by atoms with E-state index in [-0.39, 0.29) is 11.8 Å². The van der Waals surface area contributed by atoms with Gasteiger partial charge in [-0.2, -0.15) is 0 Å². The quantitative estimate of drug-likeness (QED) is 0.653. The third-order valence-corrected chi connectivity index (χ3v) is 2.24. The van der Waals surface area contributed by atoms with Crippen molar-refractivity contribution >= 4 is 5.78 Å². The Kier molecular flexibility index (Phi) is 3.06. The molecule has 2 heteroatoms. The van der Waals surface area contributed by atoms with Crippen molar-refractivity contribution in [2.24, 2.45) is 11.7 Å². The van der Waals surface area contributed by atoms with Crippen LogP contribution in [0.5, 0.6) is 0 Å². The van der Waals surface area contributed by atoms with Crippen molar-refractivity contribution in [3.8, 4) is 0 Å². The van der Waals surface area contributed by atoms with Crippen molar-refractivity contribution in [1.29, 1.82) is 0 Å². The minimum Gasteiger partial charge on any atom is -0.322 e. The normalized spacial score (nSPS) is 19.8. The lowest BCUT2D eigenvalue weighted by Crippen LogP contribution is -2.26. The second-order valence-corrected chi connectivity index (χ2v) is 3.59. The molecule has 0 bridgehead atoms. The third-order valence-electron chi connectivity index (χ3n) is 2.24. The number of nitrogens with two attached hydrogens (primary N) is 1. The number of hydrogen-bond acceptors (Lipinski definition) is 2. The van der Waals surface area contributed by atoms with Crippen LogP contribution >= 0.6 is 0 Å². The number of carbonyl (C=O) groups excluding carboxylic acids is 1. The average Bonchev–Trinajstić information content (AvgIpc) is 2.71. The molecule has 0 aromatic rings. The van der Waals surface area contributed by atoms with Crippen LogP contribution in [0.3, 0.4) is 0 Å². The Morgan fingerprint density at radius 1 is 1.64 bits per heavy atom. The molecule has 0 aliphatic heterocycles. The molecule has 0 unspecified atom stereocenters. The van der Waals surface area contributed by atoms with Gasteiger partial charge in [0.2, 0.25) is 0 Å². The summed E-state index contributed by atoms with van der Waals surface area (Å²) in [5.41, 5.74) is 5.42. The van der Waals surface area contributed by atoms with Crippen LogP contribution in [-0.4, -0.2) is 11.8 Å². The van der Waals surface area contributed by atoms with Crippen LogP contribution in [0.2, 0.25) is 0 Å². The molecule has 0 amide bonds. The van der Waals surface area contributed by atoms with E-state index in [1.54, 1.807) is 6.92 Å². The van der Waals surface area contributed by atoms with Gasteiger partial charge in [-0.25, -0.2) is 0 Å². The van der Waals surface area contributed by atoms with Gasteiger partial charge in [0, 0.05) is 6.42 Å². The Hall–Kier alpha value is -0.370. The van der Waals surface area contributed by atoms with E-state index in [4.69, 9.17) is 5.73 Å². The molecule has 0 saturated heterocycles. The van der Waals surface area contributed by atoms with Gasteiger partial charge in [0.25, 0.3) is 0 Å². The topological polar surface area (TPSA) is 43.1 Å². The first-order valence-corrected chi connectivity index (χ1v) is 4.48. The Morgan fingerprint density at radius 2 is 2.27 bits per heavy atom. The molecule has 2 nitrogen and oxygen atoms in total. The van der Waals surface area contributed by atoms with E-state index < -0.39 is 0 Å². The van der Waals surface area contributed by atoms with Gasteiger partial charge in [0.1, 0.15) is 5.78 Å². The highest BCUT2D eigenvalue weighted by Gasteiger charge is 2.20. The van der Waals surface area contributed by atoms with E-state index in [2.05, 4.69) is 0 Å². The SMILES string of the molecule is C[C@@H](N)C(=O)CCCC1CC1. The third kappa shape index (κ3) is 3.51. The van der Waals surface area contributed by atoms with Crippen LogP contribution < -0.4 is 5.73 Å². The molecule has 0 spiro atoms. The molecule has 11 heavy (non-hydrogen) atoms. The molecule has 0 aromatic carbocycles. The lowest BCUT2D eigenvalue weighted by atomic mass is 10.1. The highest BCUT2D eigenvalue weighted by molar-refractivity contribution is 5.83. The molecule has 1 atom stereocenters. The Balaban J connectivity index is 1.96. The summed E-state index contributed by atoms with van der Waals surface area (Å²) in [7, 11) is 0. The predicted octanol–water partition coefficient (Wildman–Crippen LogP) is 1.48. The lowest BCUT2D eigenvalue weighted by molar-refractivity contribution is -0.120. The summed E-state index contributed by atoms with van der Waals surface area (Å²) in [5.74, 6) is 1.15. The van der Waals surface area contributed by atoms with Crippen LogP contribution in [0.25, 0.3) is 0 Å². The van der Waals surface area contributed by atoms with E-state index in [1.165, 1.54) is 19.3 Å². The van der Waals surface area contributed by atoms with E-state index >= 15 is 0 Å². The average molecular weight is 155 g/mol. The Labute approximate surface area is 68.2 Å². The van der Waals surface area contributed by atoms with Crippen LogP contribution in [0, 0.1) is 5.92 Å². The molecule has 1 fully saturated rings. The molecular formula is C9H17NO. The first kappa shape index (κ1) is 8.72. The van der Waals surface area contributed by atoms with Gasteiger partial charge >= 0.3 is 0 Å². The number of rotatable bonds is 5. The molecule has 1 aliphatic rings. The first-order valence-electron chi connectivity index (χ1n) is 4.48. The Morgan fingerprint density at radius 3 is 2.73 bits per heavy atom. The number of carbonyl (C=O) groups is 1. The molecule has 1 saturated carbocycles. The van der Waals surface area contributed by atoms with Crippen LogP contribution in [0.15, 0.2) is 0 Å². The molecular weight excluding hydrogens is 138 g/mol. The summed E-state index contributed by atoms with van der Waals surface area (Å²) in [6, 6.07) is -0.255. The second-order valence-electron chi connectivity index (χ2n) is 3.59. The van der Waals surface area contributed by atoms with Gasteiger partial charge in [-0.3, -0.25) is 4.79 Å².